The van der Waals surface area contributed by atoms with Crippen molar-refractivity contribution >= 4 is 10.9 Å². The Kier molecular flexibility index (Phi) is 3.52. The van der Waals surface area contributed by atoms with Crippen molar-refractivity contribution in [3.8, 4) is 0 Å². The second-order valence-corrected chi connectivity index (χ2v) is 4.59. The van der Waals surface area contributed by atoms with Crippen LogP contribution in [0.15, 0.2) is 53.6 Å². The highest BCUT2D eigenvalue weighted by Crippen LogP contribution is 2.04. The first-order valence-electron chi connectivity index (χ1n) is 6.51. The number of quaternary nitrogens is 1. The zero-order chi connectivity index (χ0) is 13.8. The van der Waals surface area contributed by atoms with Gasteiger partial charge >= 0.3 is 0 Å². The second-order valence-electron chi connectivity index (χ2n) is 4.59. The standard InChI is InChI=1S/C15H14N4O/c20-15-12-5-1-2-6-13(12)18-14(19-15)10-17-9-11-4-3-7-16-8-11/h1-8,17H,9-10H2,(H,18,19,20)/p+1. The molecule has 0 amide bonds. The smallest absolute Gasteiger partial charge is 0.258 e. The Morgan fingerprint density at radius 1 is 1.10 bits per heavy atom. The molecule has 0 spiro atoms. The van der Waals surface area contributed by atoms with Gasteiger partial charge in [0, 0.05) is 18.0 Å². The summed E-state index contributed by atoms with van der Waals surface area (Å²) < 4.78 is 0. The molecule has 0 aliphatic carbocycles. The van der Waals surface area contributed by atoms with Gasteiger partial charge in [-0.3, -0.25) is 9.78 Å². The van der Waals surface area contributed by atoms with E-state index in [1.807, 2.05) is 36.5 Å². The highest BCUT2D eigenvalue weighted by molar-refractivity contribution is 5.77. The van der Waals surface area contributed by atoms with Gasteiger partial charge in [0.2, 0.25) is 0 Å². The molecule has 1 aromatic carbocycles. The van der Waals surface area contributed by atoms with E-state index in [1.54, 1.807) is 12.3 Å². The number of H-pyrrole nitrogens is 1. The van der Waals surface area contributed by atoms with Crippen molar-refractivity contribution in [2.45, 2.75) is 13.1 Å². The molecule has 0 saturated carbocycles. The van der Waals surface area contributed by atoms with Crippen LogP contribution in [0, 0.1) is 0 Å². The van der Waals surface area contributed by atoms with Crippen LogP contribution in [0.2, 0.25) is 0 Å². The number of fused-ring (bicyclic) bond motifs is 1. The van der Waals surface area contributed by atoms with Crippen LogP contribution in [-0.4, -0.2) is 15.0 Å². The average Bonchev–Trinajstić information content (AvgIpc) is 2.48. The Balaban J connectivity index is 1.73. The van der Waals surface area contributed by atoms with E-state index in [-0.39, 0.29) is 5.56 Å². The Bertz CT molecular complexity index is 767. The number of nitrogens with one attached hydrogen (secondary N) is 1. The van der Waals surface area contributed by atoms with Gasteiger partial charge < -0.3 is 10.3 Å². The lowest BCUT2D eigenvalue weighted by atomic mass is 10.2. The molecule has 3 rings (SSSR count). The molecule has 3 N–H and O–H groups in total. The van der Waals surface area contributed by atoms with E-state index in [0.29, 0.717) is 17.8 Å². The highest BCUT2D eigenvalue weighted by atomic mass is 16.1. The summed E-state index contributed by atoms with van der Waals surface area (Å²) in [5.74, 6) is 0.692. The van der Waals surface area contributed by atoms with E-state index < -0.39 is 0 Å². The number of nitrogens with zero attached hydrogens (tertiary/aromatic N) is 2. The molecule has 3 aromatic rings. The zero-order valence-corrected chi connectivity index (χ0v) is 10.9. The van der Waals surface area contributed by atoms with Crippen molar-refractivity contribution in [1.82, 2.24) is 15.0 Å². The number of nitrogens with two attached hydrogens (primary N) is 1. The van der Waals surface area contributed by atoms with Crippen LogP contribution in [-0.2, 0) is 13.1 Å². The Labute approximate surface area is 115 Å². The summed E-state index contributed by atoms with van der Waals surface area (Å²) in [6, 6.07) is 11.3. The third-order valence-corrected chi connectivity index (χ3v) is 3.10. The van der Waals surface area contributed by atoms with E-state index in [9.17, 15) is 4.79 Å². The number of hydrogen-bond acceptors (Lipinski definition) is 3. The van der Waals surface area contributed by atoms with Crippen LogP contribution in [0.3, 0.4) is 0 Å². The van der Waals surface area contributed by atoms with E-state index in [0.717, 1.165) is 17.6 Å². The lowest BCUT2D eigenvalue weighted by molar-refractivity contribution is -0.687. The van der Waals surface area contributed by atoms with E-state index in [2.05, 4.69) is 20.3 Å². The maximum atomic E-state index is 11.9. The summed E-state index contributed by atoms with van der Waals surface area (Å²) in [4.78, 5) is 23.3. The van der Waals surface area contributed by atoms with Crippen molar-refractivity contribution in [3.63, 3.8) is 0 Å². The van der Waals surface area contributed by atoms with Crippen LogP contribution in [0.25, 0.3) is 10.9 Å². The highest BCUT2D eigenvalue weighted by Gasteiger charge is 2.04. The summed E-state index contributed by atoms with van der Waals surface area (Å²) in [6.45, 7) is 1.44. The Morgan fingerprint density at radius 3 is 2.85 bits per heavy atom. The molecule has 0 saturated heterocycles. The van der Waals surface area contributed by atoms with Crippen molar-refractivity contribution in [3.05, 3.63) is 70.5 Å². The Hall–Kier alpha value is -2.53. The number of hydrogen-bond donors (Lipinski definition) is 2. The summed E-state index contributed by atoms with van der Waals surface area (Å²) in [7, 11) is 0. The van der Waals surface area contributed by atoms with Gasteiger partial charge in [-0.1, -0.05) is 18.2 Å². The maximum absolute atomic E-state index is 11.9. The van der Waals surface area contributed by atoms with Crippen molar-refractivity contribution in [2.24, 2.45) is 0 Å². The molecule has 5 nitrogen and oxygen atoms in total. The number of benzene rings is 1. The van der Waals surface area contributed by atoms with E-state index >= 15 is 0 Å². The van der Waals surface area contributed by atoms with Crippen LogP contribution < -0.4 is 10.9 Å². The summed E-state index contributed by atoms with van der Waals surface area (Å²) in [5, 5.41) is 2.72. The maximum Gasteiger partial charge on any atom is 0.258 e. The summed E-state index contributed by atoms with van der Waals surface area (Å²) in [5.41, 5.74) is 1.80. The first-order chi connectivity index (χ1) is 9.83. The third-order valence-electron chi connectivity index (χ3n) is 3.10. The predicted octanol–water partition coefficient (Wildman–Crippen LogP) is 0.582. The minimum absolute atomic E-state index is 0.0830. The number of aromatic nitrogens is 3. The van der Waals surface area contributed by atoms with Crippen LogP contribution in [0.1, 0.15) is 11.4 Å². The number of aromatic amines is 1. The first kappa shape index (κ1) is 12.5. The first-order valence-corrected chi connectivity index (χ1v) is 6.51. The molecule has 0 aliphatic rings. The van der Waals surface area contributed by atoms with Gasteiger partial charge in [0.25, 0.3) is 5.56 Å². The molecule has 0 unspecified atom stereocenters. The average molecular weight is 267 g/mol. The number of rotatable bonds is 4. The molecule has 0 atom stereocenters. The molecule has 0 fully saturated rings. The Morgan fingerprint density at radius 2 is 2.00 bits per heavy atom. The van der Waals surface area contributed by atoms with Crippen molar-refractivity contribution < 1.29 is 5.32 Å². The van der Waals surface area contributed by atoms with Gasteiger partial charge in [-0.2, -0.15) is 0 Å². The molecule has 0 aliphatic heterocycles. The summed E-state index contributed by atoms with van der Waals surface area (Å²) >= 11 is 0. The summed E-state index contributed by atoms with van der Waals surface area (Å²) in [6.07, 6.45) is 3.60. The van der Waals surface area contributed by atoms with Gasteiger partial charge in [-0.15, -0.1) is 0 Å². The number of para-hydroxylation sites is 1. The molecule has 2 heterocycles. The predicted molar refractivity (Wildman–Crippen MR) is 75.9 cm³/mol. The minimum atomic E-state index is -0.0830. The quantitative estimate of drug-likeness (QED) is 0.726. The van der Waals surface area contributed by atoms with Crippen LogP contribution >= 0.6 is 0 Å². The molecule has 20 heavy (non-hydrogen) atoms. The van der Waals surface area contributed by atoms with E-state index in [1.165, 1.54) is 0 Å². The van der Waals surface area contributed by atoms with Gasteiger partial charge in [0.05, 0.1) is 10.9 Å². The number of pyridine rings is 1. The van der Waals surface area contributed by atoms with Gasteiger partial charge in [-0.05, 0) is 18.2 Å². The second kappa shape index (κ2) is 5.63. The van der Waals surface area contributed by atoms with Crippen molar-refractivity contribution in [2.75, 3.05) is 0 Å². The van der Waals surface area contributed by atoms with E-state index in [4.69, 9.17) is 0 Å². The molecular weight excluding hydrogens is 252 g/mol. The lowest BCUT2D eigenvalue weighted by Gasteiger charge is -2.03. The third kappa shape index (κ3) is 2.73. The fourth-order valence-corrected chi connectivity index (χ4v) is 2.13. The molecule has 0 bridgehead atoms. The SMILES string of the molecule is O=c1[nH]c(C[NH2+]Cc2cccnc2)nc2ccccc12. The van der Waals surface area contributed by atoms with Gasteiger partial charge in [0.15, 0.2) is 5.82 Å². The van der Waals surface area contributed by atoms with Gasteiger partial charge in [-0.25, -0.2) is 4.98 Å². The van der Waals surface area contributed by atoms with Crippen LogP contribution in [0.5, 0.6) is 0 Å². The van der Waals surface area contributed by atoms with Gasteiger partial charge in [0.1, 0.15) is 13.1 Å². The topological polar surface area (TPSA) is 75.2 Å². The molecule has 0 radical (unpaired) electrons. The fourth-order valence-electron chi connectivity index (χ4n) is 2.13. The lowest BCUT2D eigenvalue weighted by Crippen LogP contribution is -2.81. The largest absolute Gasteiger partial charge is 0.336 e. The normalized spacial score (nSPS) is 10.8. The monoisotopic (exact) mass is 267 g/mol. The fraction of sp³-hybridized carbons (Fsp3) is 0.133. The minimum Gasteiger partial charge on any atom is -0.336 e. The molecule has 2 aromatic heterocycles. The molecule has 100 valence electrons. The van der Waals surface area contributed by atoms with Crippen molar-refractivity contribution in [1.29, 1.82) is 0 Å². The molecule has 5 heteroatoms. The van der Waals surface area contributed by atoms with Crippen LogP contribution in [0.4, 0.5) is 0 Å². The molecular formula is C15H15N4O+. The zero-order valence-electron chi connectivity index (χ0n) is 10.9.